The van der Waals surface area contributed by atoms with Crippen molar-refractivity contribution in [2.75, 3.05) is 18.9 Å². The molecule has 0 atom stereocenters. The van der Waals surface area contributed by atoms with Crippen molar-refractivity contribution >= 4 is 17.7 Å². The summed E-state index contributed by atoms with van der Waals surface area (Å²) in [6.07, 6.45) is 2.42. The maximum atomic E-state index is 11.9. The molecule has 0 spiro atoms. The van der Waals surface area contributed by atoms with Crippen LogP contribution < -0.4 is 10.1 Å². The lowest BCUT2D eigenvalue weighted by molar-refractivity contribution is -0.118. The van der Waals surface area contributed by atoms with Gasteiger partial charge in [-0.2, -0.15) is 0 Å². The summed E-state index contributed by atoms with van der Waals surface area (Å²) in [6.45, 7) is 3.22. The van der Waals surface area contributed by atoms with Crippen LogP contribution in [0.3, 0.4) is 0 Å². The topological polar surface area (TPSA) is 64.4 Å². The van der Waals surface area contributed by atoms with Gasteiger partial charge in [0.1, 0.15) is 12.0 Å². The standard InChI is InChI=1S/C22H24N2O3S/c1-17-7-5-10-20(13-17)26-12-6-11-23-21(25)16-28-15-19-14-27-22(24-19)18-8-3-2-4-9-18/h2-5,7-10,13-14H,6,11-12,15-16H2,1H3,(H,23,25). The van der Waals surface area contributed by atoms with E-state index in [9.17, 15) is 4.79 Å². The Labute approximate surface area is 169 Å². The molecule has 0 saturated heterocycles. The zero-order chi connectivity index (χ0) is 19.6. The van der Waals surface area contributed by atoms with Crippen molar-refractivity contribution in [2.24, 2.45) is 0 Å². The number of rotatable bonds is 10. The van der Waals surface area contributed by atoms with Crippen molar-refractivity contribution in [3.63, 3.8) is 0 Å². The minimum atomic E-state index is 0.0207. The van der Waals surface area contributed by atoms with E-state index >= 15 is 0 Å². The van der Waals surface area contributed by atoms with Gasteiger partial charge in [0.25, 0.3) is 0 Å². The highest BCUT2D eigenvalue weighted by Gasteiger charge is 2.07. The maximum absolute atomic E-state index is 11.9. The molecule has 0 unspecified atom stereocenters. The molecular formula is C22H24N2O3S. The highest BCUT2D eigenvalue weighted by atomic mass is 32.2. The van der Waals surface area contributed by atoms with Crippen LogP contribution in [-0.2, 0) is 10.5 Å². The minimum Gasteiger partial charge on any atom is -0.494 e. The lowest BCUT2D eigenvalue weighted by atomic mass is 10.2. The third-order valence-electron chi connectivity index (χ3n) is 3.96. The quantitative estimate of drug-likeness (QED) is 0.512. The van der Waals surface area contributed by atoms with Gasteiger partial charge in [-0.15, -0.1) is 11.8 Å². The van der Waals surface area contributed by atoms with Crippen LogP contribution in [0, 0.1) is 6.92 Å². The van der Waals surface area contributed by atoms with Crippen LogP contribution in [0.15, 0.2) is 65.3 Å². The summed E-state index contributed by atoms with van der Waals surface area (Å²) in [5, 5.41) is 2.91. The second-order valence-electron chi connectivity index (χ2n) is 6.37. The van der Waals surface area contributed by atoms with E-state index in [2.05, 4.69) is 10.3 Å². The van der Waals surface area contributed by atoms with Crippen molar-refractivity contribution in [2.45, 2.75) is 19.1 Å². The van der Waals surface area contributed by atoms with Gasteiger partial charge in [-0.05, 0) is 43.2 Å². The average molecular weight is 397 g/mol. The number of hydrogen-bond acceptors (Lipinski definition) is 5. The molecule has 2 aromatic carbocycles. The zero-order valence-electron chi connectivity index (χ0n) is 15.9. The number of aromatic nitrogens is 1. The molecule has 3 aromatic rings. The van der Waals surface area contributed by atoms with Crippen LogP contribution in [-0.4, -0.2) is 29.8 Å². The molecule has 1 aromatic heterocycles. The van der Waals surface area contributed by atoms with Crippen LogP contribution in [0.5, 0.6) is 5.75 Å². The Hall–Kier alpha value is -2.73. The first-order valence-corrected chi connectivity index (χ1v) is 10.4. The van der Waals surface area contributed by atoms with Gasteiger partial charge in [0.05, 0.1) is 18.1 Å². The molecule has 146 valence electrons. The summed E-state index contributed by atoms with van der Waals surface area (Å²) in [4.78, 5) is 16.4. The van der Waals surface area contributed by atoms with Crippen molar-refractivity contribution in [1.82, 2.24) is 10.3 Å². The van der Waals surface area contributed by atoms with Crippen molar-refractivity contribution in [1.29, 1.82) is 0 Å². The molecule has 0 saturated carbocycles. The van der Waals surface area contributed by atoms with Gasteiger partial charge in [0.15, 0.2) is 0 Å². The van der Waals surface area contributed by atoms with E-state index < -0.39 is 0 Å². The Morgan fingerprint density at radius 1 is 1.18 bits per heavy atom. The smallest absolute Gasteiger partial charge is 0.230 e. The third kappa shape index (κ3) is 6.46. The van der Waals surface area contributed by atoms with E-state index in [1.165, 1.54) is 17.3 Å². The fourth-order valence-corrected chi connectivity index (χ4v) is 3.31. The second-order valence-corrected chi connectivity index (χ2v) is 7.36. The van der Waals surface area contributed by atoms with E-state index in [1.807, 2.05) is 61.5 Å². The van der Waals surface area contributed by atoms with Crippen molar-refractivity contribution in [3.8, 4) is 17.2 Å². The normalized spacial score (nSPS) is 10.6. The van der Waals surface area contributed by atoms with Gasteiger partial charge in [-0.25, -0.2) is 4.98 Å². The number of nitrogens with zero attached hydrogens (tertiary/aromatic N) is 1. The van der Waals surface area contributed by atoms with Crippen molar-refractivity contribution < 1.29 is 13.9 Å². The summed E-state index contributed by atoms with van der Waals surface area (Å²) >= 11 is 1.52. The molecule has 1 N–H and O–H groups in total. The van der Waals surface area contributed by atoms with E-state index in [1.54, 1.807) is 6.26 Å². The highest BCUT2D eigenvalue weighted by molar-refractivity contribution is 7.99. The number of amides is 1. The molecule has 1 heterocycles. The largest absolute Gasteiger partial charge is 0.494 e. The lowest BCUT2D eigenvalue weighted by Crippen LogP contribution is -2.27. The fraction of sp³-hybridized carbons (Fsp3) is 0.273. The minimum absolute atomic E-state index is 0.0207. The molecule has 28 heavy (non-hydrogen) atoms. The number of hydrogen-bond donors (Lipinski definition) is 1. The summed E-state index contributed by atoms with van der Waals surface area (Å²) in [6, 6.07) is 17.7. The molecule has 6 heteroatoms. The first kappa shape index (κ1) is 20.0. The number of nitrogens with one attached hydrogen (secondary N) is 1. The summed E-state index contributed by atoms with van der Waals surface area (Å²) in [7, 11) is 0. The molecule has 0 aliphatic carbocycles. The predicted molar refractivity (Wildman–Crippen MR) is 112 cm³/mol. The zero-order valence-corrected chi connectivity index (χ0v) is 16.7. The van der Waals surface area contributed by atoms with E-state index in [-0.39, 0.29) is 5.91 Å². The first-order valence-electron chi connectivity index (χ1n) is 9.24. The van der Waals surface area contributed by atoms with Gasteiger partial charge in [0, 0.05) is 17.9 Å². The van der Waals surface area contributed by atoms with Gasteiger partial charge >= 0.3 is 0 Å². The molecule has 3 rings (SSSR count). The number of ether oxygens (including phenoxy) is 1. The van der Waals surface area contributed by atoms with Crippen LogP contribution in [0.2, 0.25) is 0 Å². The Balaban J connectivity index is 1.28. The molecule has 0 aliphatic rings. The van der Waals surface area contributed by atoms with Crippen molar-refractivity contribution in [3.05, 3.63) is 72.1 Å². The Kier molecular flexibility index (Phi) is 7.55. The Morgan fingerprint density at radius 3 is 2.86 bits per heavy atom. The molecule has 0 aliphatic heterocycles. The van der Waals surface area contributed by atoms with Crippen LogP contribution in [0.25, 0.3) is 11.5 Å². The van der Waals surface area contributed by atoms with E-state index in [0.717, 1.165) is 23.4 Å². The molecule has 0 bridgehead atoms. The highest BCUT2D eigenvalue weighted by Crippen LogP contribution is 2.20. The van der Waals surface area contributed by atoms with E-state index in [4.69, 9.17) is 9.15 Å². The number of oxazole rings is 1. The lowest BCUT2D eigenvalue weighted by Gasteiger charge is -2.07. The maximum Gasteiger partial charge on any atom is 0.230 e. The molecule has 0 radical (unpaired) electrons. The summed E-state index contributed by atoms with van der Waals surface area (Å²) in [5.41, 5.74) is 2.96. The number of benzene rings is 2. The monoisotopic (exact) mass is 396 g/mol. The van der Waals surface area contributed by atoms with Crippen LogP contribution >= 0.6 is 11.8 Å². The number of carbonyl (C=O) groups excluding carboxylic acids is 1. The molecule has 1 amide bonds. The number of carbonyl (C=O) groups is 1. The van der Waals surface area contributed by atoms with E-state index in [0.29, 0.717) is 30.5 Å². The molecular weight excluding hydrogens is 372 g/mol. The SMILES string of the molecule is Cc1cccc(OCCCNC(=O)CSCc2coc(-c3ccccc3)n2)c1. The van der Waals surface area contributed by atoms with Gasteiger partial charge in [0.2, 0.25) is 11.8 Å². The fourth-order valence-electron chi connectivity index (χ4n) is 2.58. The molecule has 5 nitrogen and oxygen atoms in total. The average Bonchev–Trinajstić information content (AvgIpc) is 3.17. The third-order valence-corrected chi connectivity index (χ3v) is 4.92. The van der Waals surface area contributed by atoms with Gasteiger partial charge < -0.3 is 14.5 Å². The second kappa shape index (κ2) is 10.6. The molecule has 0 fully saturated rings. The Morgan fingerprint density at radius 2 is 2.04 bits per heavy atom. The predicted octanol–water partition coefficient (Wildman–Crippen LogP) is 4.47. The van der Waals surface area contributed by atoms with Gasteiger partial charge in [-0.3, -0.25) is 4.79 Å². The van der Waals surface area contributed by atoms with Crippen LogP contribution in [0.4, 0.5) is 0 Å². The number of thioether (sulfide) groups is 1. The Bertz CT molecular complexity index is 880. The summed E-state index contributed by atoms with van der Waals surface area (Å²) in [5.74, 6) is 2.53. The summed E-state index contributed by atoms with van der Waals surface area (Å²) < 4.78 is 11.2. The number of aryl methyl sites for hydroxylation is 1. The first-order chi connectivity index (χ1) is 13.7. The van der Waals surface area contributed by atoms with Crippen LogP contribution in [0.1, 0.15) is 17.7 Å². The van der Waals surface area contributed by atoms with Gasteiger partial charge in [-0.1, -0.05) is 30.3 Å².